The highest BCUT2D eigenvalue weighted by Crippen LogP contribution is 2.32. The van der Waals surface area contributed by atoms with Crippen molar-refractivity contribution in [3.8, 4) is 5.75 Å². The lowest BCUT2D eigenvalue weighted by atomic mass is 10.0. The minimum absolute atomic E-state index is 0.0307. The Morgan fingerprint density at radius 1 is 1.35 bits per heavy atom. The van der Waals surface area contributed by atoms with E-state index < -0.39 is 12.2 Å². The lowest BCUT2D eigenvalue weighted by molar-refractivity contribution is -0.149. The lowest BCUT2D eigenvalue weighted by Gasteiger charge is -2.18. The van der Waals surface area contributed by atoms with Crippen LogP contribution in [0.3, 0.4) is 0 Å². The molecule has 17 heavy (non-hydrogen) atoms. The van der Waals surface area contributed by atoms with Crippen LogP contribution in [0.5, 0.6) is 5.75 Å². The Morgan fingerprint density at radius 2 is 1.94 bits per heavy atom. The fourth-order valence-electron chi connectivity index (χ4n) is 1.46. The van der Waals surface area contributed by atoms with Gasteiger partial charge in [0.15, 0.2) is 0 Å². The maximum atomic E-state index is 12.4. The smallest absolute Gasteiger partial charge is 0.407 e. The van der Waals surface area contributed by atoms with Crippen molar-refractivity contribution in [2.45, 2.75) is 18.8 Å². The molecule has 0 saturated heterocycles. The standard InChI is InChI=1S/C11H15F3N2O/c1-16(2)6-8-5-7(3-4-9(8)17)10(15)11(12,13)14/h3-5,10,17H,6,15H2,1-2H3. The Morgan fingerprint density at radius 3 is 2.41 bits per heavy atom. The molecule has 0 saturated carbocycles. The summed E-state index contributed by atoms with van der Waals surface area (Å²) in [5.41, 5.74) is 5.48. The van der Waals surface area contributed by atoms with Crippen LogP contribution in [0.4, 0.5) is 13.2 Å². The number of phenols is 1. The molecule has 3 nitrogen and oxygen atoms in total. The zero-order valence-electron chi connectivity index (χ0n) is 9.62. The quantitative estimate of drug-likeness (QED) is 0.860. The van der Waals surface area contributed by atoms with E-state index in [0.717, 1.165) is 0 Å². The second-order valence-corrected chi connectivity index (χ2v) is 4.15. The van der Waals surface area contributed by atoms with Crippen LogP contribution in [0.2, 0.25) is 0 Å². The molecular weight excluding hydrogens is 233 g/mol. The van der Waals surface area contributed by atoms with Crippen LogP contribution in [0.25, 0.3) is 0 Å². The minimum Gasteiger partial charge on any atom is -0.508 e. The van der Waals surface area contributed by atoms with Gasteiger partial charge in [-0.15, -0.1) is 0 Å². The van der Waals surface area contributed by atoms with E-state index in [-0.39, 0.29) is 11.3 Å². The summed E-state index contributed by atoms with van der Waals surface area (Å²) < 4.78 is 37.3. The molecule has 0 aliphatic heterocycles. The summed E-state index contributed by atoms with van der Waals surface area (Å²) >= 11 is 0. The highest BCUT2D eigenvalue weighted by atomic mass is 19.4. The molecule has 0 bridgehead atoms. The van der Waals surface area contributed by atoms with E-state index >= 15 is 0 Å². The molecule has 1 aromatic carbocycles. The first-order chi connectivity index (χ1) is 7.71. The first-order valence-corrected chi connectivity index (χ1v) is 5.00. The Hall–Kier alpha value is -1.27. The predicted molar refractivity (Wildman–Crippen MR) is 58.5 cm³/mol. The minimum atomic E-state index is -4.48. The first-order valence-electron chi connectivity index (χ1n) is 5.00. The van der Waals surface area contributed by atoms with Crippen molar-refractivity contribution >= 4 is 0 Å². The number of alkyl halides is 3. The fraction of sp³-hybridized carbons (Fsp3) is 0.455. The van der Waals surface area contributed by atoms with Gasteiger partial charge in [-0.3, -0.25) is 0 Å². The van der Waals surface area contributed by atoms with Crippen LogP contribution in [0.15, 0.2) is 18.2 Å². The second kappa shape index (κ2) is 4.93. The summed E-state index contributed by atoms with van der Waals surface area (Å²) in [7, 11) is 3.52. The summed E-state index contributed by atoms with van der Waals surface area (Å²) in [4.78, 5) is 1.75. The maximum Gasteiger partial charge on any atom is 0.407 e. The van der Waals surface area contributed by atoms with Crippen LogP contribution in [0, 0.1) is 0 Å². The SMILES string of the molecule is CN(C)Cc1cc(C(N)C(F)(F)F)ccc1O. The van der Waals surface area contributed by atoms with Gasteiger partial charge in [0.05, 0.1) is 0 Å². The number of rotatable bonds is 3. The van der Waals surface area contributed by atoms with Gasteiger partial charge in [0, 0.05) is 12.1 Å². The summed E-state index contributed by atoms with van der Waals surface area (Å²) in [6.45, 7) is 0.351. The average molecular weight is 248 g/mol. The third-order valence-electron chi connectivity index (χ3n) is 2.30. The van der Waals surface area contributed by atoms with Crippen LogP contribution in [0.1, 0.15) is 17.2 Å². The first kappa shape index (κ1) is 13.8. The molecule has 1 atom stereocenters. The van der Waals surface area contributed by atoms with E-state index in [0.29, 0.717) is 12.1 Å². The molecule has 1 unspecified atom stereocenters. The Kier molecular flexibility index (Phi) is 4.00. The van der Waals surface area contributed by atoms with Crippen LogP contribution in [-0.2, 0) is 6.54 Å². The van der Waals surface area contributed by atoms with Gasteiger partial charge in [-0.1, -0.05) is 6.07 Å². The molecule has 0 radical (unpaired) electrons. The van der Waals surface area contributed by atoms with E-state index in [2.05, 4.69) is 0 Å². The topological polar surface area (TPSA) is 49.5 Å². The van der Waals surface area contributed by atoms with Gasteiger partial charge < -0.3 is 15.7 Å². The molecule has 3 N–H and O–H groups in total. The van der Waals surface area contributed by atoms with E-state index in [1.807, 2.05) is 0 Å². The van der Waals surface area contributed by atoms with Gasteiger partial charge in [0.2, 0.25) is 0 Å². The van der Waals surface area contributed by atoms with Crippen molar-refractivity contribution in [3.05, 3.63) is 29.3 Å². The molecule has 0 aliphatic rings. The highest BCUT2D eigenvalue weighted by Gasteiger charge is 2.37. The van der Waals surface area contributed by atoms with E-state index in [9.17, 15) is 18.3 Å². The molecule has 0 aromatic heterocycles. The summed E-state index contributed by atoms with van der Waals surface area (Å²) in [5, 5.41) is 9.52. The second-order valence-electron chi connectivity index (χ2n) is 4.15. The molecule has 1 rings (SSSR count). The molecule has 96 valence electrons. The number of benzene rings is 1. The number of phenolic OH excluding ortho intramolecular Hbond substituents is 1. The lowest BCUT2D eigenvalue weighted by Crippen LogP contribution is -2.28. The molecule has 0 amide bonds. The Bertz CT molecular complexity index is 391. The largest absolute Gasteiger partial charge is 0.508 e. The van der Waals surface area contributed by atoms with Gasteiger partial charge in [-0.05, 0) is 31.8 Å². The summed E-state index contributed by atoms with van der Waals surface area (Å²) in [5.74, 6) is -0.0307. The summed E-state index contributed by atoms with van der Waals surface area (Å²) in [6, 6.07) is 1.68. The Labute approximate surface area is 97.6 Å². The molecule has 0 spiro atoms. The molecule has 0 heterocycles. The molecule has 0 fully saturated rings. The third kappa shape index (κ3) is 3.61. The van der Waals surface area contributed by atoms with Gasteiger partial charge in [-0.2, -0.15) is 13.2 Å². The third-order valence-corrected chi connectivity index (χ3v) is 2.30. The zero-order chi connectivity index (χ0) is 13.2. The molecular formula is C11H15F3N2O. The van der Waals surface area contributed by atoms with Crippen molar-refractivity contribution in [2.75, 3.05) is 14.1 Å². The monoisotopic (exact) mass is 248 g/mol. The van der Waals surface area contributed by atoms with E-state index in [1.165, 1.54) is 18.2 Å². The van der Waals surface area contributed by atoms with Crippen molar-refractivity contribution < 1.29 is 18.3 Å². The number of aromatic hydroxyl groups is 1. The van der Waals surface area contributed by atoms with Gasteiger partial charge in [-0.25, -0.2) is 0 Å². The van der Waals surface area contributed by atoms with E-state index in [1.54, 1.807) is 19.0 Å². The van der Waals surface area contributed by atoms with Crippen LogP contribution >= 0.6 is 0 Å². The molecule has 1 aromatic rings. The molecule has 6 heteroatoms. The van der Waals surface area contributed by atoms with Crippen molar-refractivity contribution in [3.63, 3.8) is 0 Å². The van der Waals surface area contributed by atoms with Crippen molar-refractivity contribution in [1.82, 2.24) is 4.90 Å². The van der Waals surface area contributed by atoms with Crippen LogP contribution in [-0.4, -0.2) is 30.3 Å². The highest BCUT2D eigenvalue weighted by molar-refractivity contribution is 5.37. The van der Waals surface area contributed by atoms with Crippen molar-refractivity contribution in [1.29, 1.82) is 0 Å². The number of hydrogen-bond donors (Lipinski definition) is 2. The fourth-order valence-corrected chi connectivity index (χ4v) is 1.46. The van der Waals surface area contributed by atoms with Crippen LogP contribution < -0.4 is 5.73 Å². The predicted octanol–water partition coefficient (Wildman–Crippen LogP) is 2.02. The number of hydrogen-bond acceptors (Lipinski definition) is 3. The number of nitrogens with two attached hydrogens (primary N) is 1. The average Bonchev–Trinajstić information content (AvgIpc) is 2.18. The normalized spacial score (nSPS) is 14.1. The zero-order valence-corrected chi connectivity index (χ0v) is 9.62. The maximum absolute atomic E-state index is 12.4. The molecule has 0 aliphatic carbocycles. The van der Waals surface area contributed by atoms with E-state index in [4.69, 9.17) is 5.73 Å². The number of nitrogens with zero attached hydrogens (tertiary/aromatic N) is 1. The van der Waals surface area contributed by atoms with Gasteiger partial charge >= 0.3 is 6.18 Å². The van der Waals surface area contributed by atoms with Crippen molar-refractivity contribution in [2.24, 2.45) is 5.73 Å². The summed E-state index contributed by atoms with van der Waals surface area (Å²) in [6.07, 6.45) is -4.48. The Balaban J connectivity index is 3.04. The van der Waals surface area contributed by atoms with Gasteiger partial charge in [0.25, 0.3) is 0 Å². The van der Waals surface area contributed by atoms with Gasteiger partial charge in [0.1, 0.15) is 11.8 Å². The number of halogens is 3.